The molecule has 0 amide bonds. The molecule has 5 heteroatoms. The zero-order valence-electron chi connectivity index (χ0n) is 7.02. The monoisotopic (exact) mass is 226 g/mol. The number of thiol groups is 2. The van der Waals surface area contributed by atoms with E-state index in [2.05, 4.69) is 25.3 Å². The van der Waals surface area contributed by atoms with Gasteiger partial charge in [0.1, 0.15) is 6.61 Å². The van der Waals surface area contributed by atoms with Gasteiger partial charge in [-0.1, -0.05) is 0 Å². The first-order valence-corrected chi connectivity index (χ1v) is 6.03. The first kappa shape index (κ1) is 12.5. The van der Waals surface area contributed by atoms with Gasteiger partial charge in [-0.2, -0.15) is 25.3 Å². The van der Waals surface area contributed by atoms with Crippen molar-refractivity contribution in [3.05, 3.63) is 0 Å². The average molecular weight is 226 g/mol. The van der Waals surface area contributed by atoms with Crippen molar-refractivity contribution in [3.8, 4) is 0 Å². The molecular weight excluding hydrogens is 212 g/mol. The summed E-state index contributed by atoms with van der Waals surface area (Å²) < 4.78 is 4.89. The number of esters is 1. The third-order valence-corrected chi connectivity index (χ3v) is 2.97. The molecule has 0 fully saturated rings. The molecule has 0 aliphatic rings. The summed E-state index contributed by atoms with van der Waals surface area (Å²) >= 11 is 9.55. The molecule has 0 aromatic carbocycles. The molecule has 0 saturated heterocycles. The number of hydrogen-bond acceptors (Lipinski definition) is 5. The molecule has 1 unspecified atom stereocenters. The van der Waals surface area contributed by atoms with Crippen molar-refractivity contribution in [2.24, 2.45) is 0 Å². The van der Waals surface area contributed by atoms with E-state index in [1.807, 2.05) is 6.92 Å². The van der Waals surface area contributed by atoms with Crippen molar-refractivity contribution >= 4 is 43.0 Å². The SMILES string of the molecule is CC(SCCS)C(=O)OCCS. The van der Waals surface area contributed by atoms with E-state index in [0.29, 0.717) is 12.4 Å². The molecule has 72 valence electrons. The van der Waals surface area contributed by atoms with Crippen molar-refractivity contribution in [2.45, 2.75) is 12.2 Å². The lowest BCUT2D eigenvalue weighted by molar-refractivity contribution is -0.141. The van der Waals surface area contributed by atoms with E-state index in [4.69, 9.17) is 4.74 Å². The minimum Gasteiger partial charge on any atom is -0.464 e. The van der Waals surface area contributed by atoms with Crippen LogP contribution in [0.1, 0.15) is 6.92 Å². The van der Waals surface area contributed by atoms with Crippen LogP contribution < -0.4 is 0 Å². The van der Waals surface area contributed by atoms with Crippen LogP contribution in [0.4, 0.5) is 0 Å². The predicted octanol–water partition coefficient (Wildman–Crippen LogP) is 1.51. The zero-order valence-corrected chi connectivity index (χ0v) is 9.63. The minimum absolute atomic E-state index is 0.0861. The lowest BCUT2D eigenvalue weighted by Crippen LogP contribution is -2.18. The molecule has 2 nitrogen and oxygen atoms in total. The first-order chi connectivity index (χ1) is 5.72. The van der Waals surface area contributed by atoms with Gasteiger partial charge in [0, 0.05) is 11.5 Å². The van der Waals surface area contributed by atoms with Gasteiger partial charge in [0.2, 0.25) is 0 Å². The van der Waals surface area contributed by atoms with Gasteiger partial charge in [0.25, 0.3) is 0 Å². The molecule has 0 bridgehead atoms. The summed E-state index contributed by atoms with van der Waals surface area (Å²) in [4.78, 5) is 11.1. The van der Waals surface area contributed by atoms with Crippen LogP contribution >= 0.6 is 37.0 Å². The molecule has 0 N–H and O–H groups in total. The normalized spacial score (nSPS) is 12.6. The number of rotatable bonds is 6. The molecule has 0 radical (unpaired) electrons. The second kappa shape index (κ2) is 8.13. The maximum absolute atomic E-state index is 11.1. The van der Waals surface area contributed by atoms with Gasteiger partial charge in [-0.25, -0.2) is 0 Å². The zero-order chi connectivity index (χ0) is 9.40. The number of thioether (sulfide) groups is 1. The van der Waals surface area contributed by atoms with E-state index in [1.165, 1.54) is 0 Å². The molecular formula is C7H14O2S3. The van der Waals surface area contributed by atoms with Crippen LogP contribution in [0, 0.1) is 0 Å². The van der Waals surface area contributed by atoms with Crippen molar-refractivity contribution in [2.75, 3.05) is 23.9 Å². The summed E-state index contributed by atoms with van der Waals surface area (Å²) in [5.41, 5.74) is 0. The average Bonchev–Trinajstić information content (AvgIpc) is 2.10. The van der Waals surface area contributed by atoms with Crippen LogP contribution in [0.3, 0.4) is 0 Å². The number of hydrogen-bond donors (Lipinski definition) is 2. The maximum atomic E-state index is 11.1. The highest BCUT2D eigenvalue weighted by molar-refractivity contribution is 8.01. The molecule has 0 saturated carbocycles. The van der Waals surface area contributed by atoms with E-state index in [1.54, 1.807) is 11.8 Å². The van der Waals surface area contributed by atoms with Crippen molar-refractivity contribution in [3.63, 3.8) is 0 Å². The summed E-state index contributed by atoms with van der Waals surface area (Å²) in [5, 5.41) is -0.0861. The van der Waals surface area contributed by atoms with E-state index in [9.17, 15) is 4.79 Å². The van der Waals surface area contributed by atoms with Gasteiger partial charge >= 0.3 is 5.97 Å². The Kier molecular flexibility index (Phi) is 8.49. The second-order valence-electron chi connectivity index (χ2n) is 2.13. The fraction of sp³-hybridized carbons (Fsp3) is 0.857. The molecule has 0 rings (SSSR count). The highest BCUT2D eigenvalue weighted by Gasteiger charge is 2.13. The molecule has 0 aliphatic carbocycles. The topological polar surface area (TPSA) is 26.3 Å². The van der Waals surface area contributed by atoms with E-state index in [0.717, 1.165) is 11.5 Å². The van der Waals surface area contributed by atoms with Gasteiger partial charge in [0.05, 0.1) is 5.25 Å². The summed E-state index contributed by atoms with van der Waals surface area (Å²) in [5.74, 6) is 2.08. The van der Waals surface area contributed by atoms with Crippen molar-refractivity contribution < 1.29 is 9.53 Å². The number of carbonyl (C=O) groups excluding carboxylic acids is 1. The van der Waals surface area contributed by atoms with E-state index in [-0.39, 0.29) is 11.2 Å². The highest BCUT2D eigenvalue weighted by atomic mass is 32.2. The van der Waals surface area contributed by atoms with Crippen LogP contribution in [-0.4, -0.2) is 35.1 Å². The van der Waals surface area contributed by atoms with Crippen LogP contribution in [0.15, 0.2) is 0 Å². The van der Waals surface area contributed by atoms with Crippen LogP contribution in [0.5, 0.6) is 0 Å². The summed E-state index contributed by atoms with van der Waals surface area (Å²) in [6, 6.07) is 0. The maximum Gasteiger partial charge on any atom is 0.318 e. The van der Waals surface area contributed by atoms with E-state index < -0.39 is 0 Å². The Morgan fingerprint density at radius 1 is 1.50 bits per heavy atom. The first-order valence-electron chi connectivity index (χ1n) is 3.72. The molecule has 0 heterocycles. The Morgan fingerprint density at radius 3 is 2.67 bits per heavy atom. The highest BCUT2D eigenvalue weighted by Crippen LogP contribution is 2.11. The Morgan fingerprint density at radius 2 is 2.17 bits per heavy atom. The Bertz CT molecular complexity index is 130. The van der Waals surface area contributed by atoms with Crippen LogP contribution in [-0.2, 0) is 9.53 Å². The predicted molar refractivity (Wildman–Crippen MR) is 60.6 cm³/mol. The van der Waals surface area contributed by atoms with Gasteiger partial charge < -0.3 is 4.74 Å². The molecule has 12 heavy (non-hydrogen) atoms. The van der Waals surface area contributed by atoms with Crippen molar-refractivity contribution in [1.82, 2.24) is 0 Å². The third kappa shape index (κ3) is 6.08. The van der Waals surface area contributed by atoms with Gasteiger partial charge in [0.15, 0.2) is 0 Å². The lowest BCUT2D eigenvalue weighted by atomic mass is 10.5. The van der Waals surface area contributed by atoms with Crippen LogP contribution in [0.25, 0.3) is 0 Å². The molecule has 0 aromatic heterocycles. The molecule has 0 aliphatic heterocycles. The Balaban J connectivity index is 3.47. The van der Waals surface area contributed by atoms with Gasteiger partial charge in [-0.15, -0.1) is 11.8 Å². The van der Waals surface area contributed by atoms with Gasteiger partial charge in [-0.3, -0.25) is 4.79 Å². The summed E-state index contributed by atoms with van der Waals surface area (Å²) in [6.45, 7) is 2.24. The standard InChI is InChI=1S/C7H14O2S3/c1-6(12-5-4-11)7(8)9-2-3-10/h6,10-11H,2-5H2,1H3. The second-order valence-corrected chi connectivity index (χ2v) is 4.47. The largest absolute Gasteiger partial charge is 0.464 e. The fourth-order valence-corrected chi connectivity index (χ4v) is 1.63. The third-order valence-electron chi connectivity index (χ3n) is 1.13. The Hall–Kier alpha value is 0.520. The number of carbonyl (C=O) groups is 1. The van der Waals surface area contributed by atoms with Crippen LogP contribution in [0.2, 0.25) is 0 Å². The number of ether oxygens (including phenoxy) is 1. The Labute approximate surface area is 88.6 Å². The molecule has 1 atom stereocenters. The smallest absolute Gasteiger partial charge is 0.318 e. The molecule has 0 spiro atoms. The molecule has 0 aromatic rings. The van der Waals surface area contributed by atoms with Gasteiger partial charge in [-0.05, 0) is 12.7 Å². The minimum atomic E-state index is -0.157. The summed E-state index contributed by atoms with van der Waals surface area (Å²) in [6.07, 6.45) is 0. The quantitative estimate of drug-likeness (QED) is 0.531. The lowest BCUT2D eigenvalue weighted by Gasteiger charge is -2.09. The fourth-order valence-electron chi connectivity index (χ4n) is 0.561. The summed E-state index contributed by atoms with van der Waals surface area (Å²) in [7, 11) is 0. The van der Waals surface area contributed by atoms with Crippen molar-refractivity contribution in [1.29, 1.82) is 0 Å². The van der Waals surface area contributed by atoms with E-state index >= 15 is 0 Å².